The van der Waals surface area contributed by atoms with Gasteiger partial charge >= 0.3 is 0 Å². The highest BCUT2D eigenvalue weighted by molar-refractivity contribution is 6.32. The lowest BCUT2D eigenvalue weighted by Gasteiger charge is -2.29. The Balaban J connectivity index is -0.000000563. The van der Waals surface area contributed by atoms with Gasteiger partial charge in [0.25, 0.3) is 0 Å². The van der Waals surface area contributed by atoms with E-state index in [4.69, 9.17) is 10.2 Å². The molecular formula is C38H72BN6O2. The predicted molar refractivity (Wildman–Crippen MR) is 205 cm³/mol. The van der Waals surface area contributed by atoms with Crippen LogP contribution in [0, 0.1) is 12.8 Å². The van der Waals surface area contributed by atoms with Crippen LogP contribution in [-0.4, -0.2) is 51.4 Å². The van der Waals surface area contributed by atoms with E-state index >= 15 is 0 Å². The SMILES string of the molecule is CC.CC.CC.CC.CCC(=O)NO.CCC1CCCCC1.C[B]Cc1nc2c(c(N3CCCCC3)n1)CC=C2.Cc1ncccn1. The molecule has 1 aliphatic heterocycles. The molecule has 3 heterocycles. The first-order valence-electron chi connectivity index (χ1n) is 18.8. The Morgan fingerprint density at radius 3 is 1.85 bits per heavy atom. The Hall–Kier alpha value is -2.81. The second-order valence-electron chi connectivity index (χ2n) is 10.2. The van der Waals surface area contributed by atoms with Crippen LogP contribution in [0.2, 0.25) is 6.82 Å². The number of nitrogens with zero attached hydrogens (tertiary/aromatic N) is 5. The molecule has 2 N–H and O–H groups in total. The van der Waals surface area contributed by atoms with Gasteiger partial charge in [-0.25, -0.2) is 25.4 Å². The number of aromatic nitrogens is 4. The van der Waals surface area contributed by atoms with Gasteiger partial charge < -0.3 is 4.90 Å². The number of aryl methyl sites for hydroxylation is 1. The van der Waals surface area contributed by atoms with E-state index in [-0.39, 0.29) is 5.91 Å². The predicted octanol–water partition coefficient (Wildman–Crippen LogP) is 10.1. The van der Waals surface area contributed by atoms with Crippen LogP contribution in [0.15, 0.2) is 24.5 Å². The molecule has 0 spiro atoms. The topological polar surface area (TPSA) is 104 Å². The fourth-order valence-electron chi connectivity index (χ4n) is 4.85. The summed E-state index contributed by atoms with van der Waals surface area (Å²) in [6.45, 7) is 26.2. The van der Waals surface area contributed by atoms with Crippen molar-refractivity contribution in [1.82, 2.24) is 25.4 Å². The standard InChI is InChI=1S/C14H19BN3.C8H16.C5H6N2.C3H7NO2.4C2H6/c1-15-10-13-16-12-7-5-6-11(12)14(17-13)18-8-3-2-4-9-18;1-2-8-6-4-3-5-7-8;1-5-6-3-2-4-7-5;1-2-3(5)4-6;4*1-2/h5,7H,2-4,6,8-10H2,1H3;8H,2-7H2,1H3;2-4H,1H3;6H,2H2,1H3,(H,4,5);4*1-2H3. The molecule has 3 aliphatic rings. The Kier molecular flexibility index (Phi) is 37.3. The van der Waals surface area contributed by atoms with Crippen molar-refractivity contribution in [1.29, 1.82) is 0 Å². The highest BCUT2D eigenvalue weighted by Gasteiger charge is 2.21. The molecule has 1 saturated carbocycles. The molecule has 0 bridgehead atoms. The average molecular weight is 656 g/mol. The summed E-state index contributed by atoms with van der Waals surface area (Å²) < 4.78 is 0. The molecule has 1 radical (unpaired) electrons. The zero-order chi connectivity index (χ0) is 36.3. The largest absolute Gasteiger partial charge is 0.356 e. The summed E-state index contributed by atoms with van der Waals surface area (Å²) in [6, 6.07) is 1.80. The van der Waals surface area contributed by atoms with Crippen molar-refractivity contribution in [2.75, 3.05) is 18.0 Å². The van der Waals surface area contributed by atoms with Gasteiger partial charge in [0.15, 0.2) is 0 Å². The zero-order valence-corrected chi connectivity index (χ0v) is 32.5. The summed E-state index contributed by atoms with van der Waals surface area (Å²) in [4.78, 5) is 29.5. The summed E-state index contributed by atoms with van der Waals surface area (Å²) in [6.07, 6.45) is 22.9. The molecule has 1 amide bonds. The molecular weight excluding hydrogens is 583 g/mol. The summed E-state index contributed by atoms with van der Waals surface area (Å²) in [5.74, 6) is 3.71. The van der Waals surface area contributed by atoms with Gasteiger partial charge in [-0.3, -0.25) is 10.0 Å². The number of carbonyl (C=O) groups excluding carboxylic acids is 1. The molecule has 5 rings (SSSR count). The number of allylic oxidation sites excluding steroid dienone is 1. The van der Waals surface area contributed by atoms with Gasteiger partial charge in [0, 0.05) is 37.5 Å². The second-order valence-corrected chi connectivity index (χ2v) is 10.2. The van der Waals surface area contributed by atoms with Crippen molar-refractivity contribution in [2.24, 2.45) is 5.92 Å². The maximum absolute atomic E-state index is 9.82. The molecule has 2 aromatic rings. The third kappa shape index (κ3) is 23.2. The smallest absolute Gasteiger partial charge is 0.243 e. The number of hydroxylamine groups is 1. The molecule has 269 valence electrons. The number of rotatable bonds is 5. The van der Waals surface area contributed by atoms with Crippen molar-refractivity contribution < 1.29 is 10.0 Å². The fourth-order valence-corrected chi connectivity index (χ4v) is 4.85. The van der Waals surface area contributed by atoms with Gasteiger partial charge in [0.2, 0.25) is 5.91 Å². The van der Waals surface area contributed by atoms with Crippen molar-refractivity contribution in [3.8, 4) is 0 Å². The molecule has 2 aromatic heterocycles. The Labute approximate surface area is 291 Å². The van der Waals surface area contributed by atoms with E-state index in [1.54, 1.807) is 25.4 Å². The van der Waals surface area contributed by atoms with E-state index in [2.05, 4.69) is 53.0 Å². The Morgan fingerprint density at radius 2 is 1.45 bits per heavy atom. The second kappa shape index (κ2) is 36.0. The van der Waals surface area contributed by atoms with Gasteiger partial charge in [-0.2, -0.15) is 0 Å². The number of carbonyl (C=O) groups is 1. The van der Waals surface area contributed by atoms with Gasteiger partial charge in [-0.15, -0.1) is 0 Å². The molecule has 0 aromatic carbocycles. The van der Waals surface area contributed by atoms with Crippen LogP contribution in [-0.2, 0) is 17.5 Å². The van der Waals surface area contributed by atoms with Crippen LogP contribution in [0.25, 0.3) is 6.08 Å². The van der Waals surface area contributed by atoms with Crippen LogP contribution in [0.1, 0.15) is 156 Å². The number of fused-ring (bicyclic) bond motifs is 1. The minimum Gasteiger partial charge on any atom is -0.356 e. The Morgan fingerprint density at radius 1 is 0.894 bits per heavy atom. The summed E-state index contributed by atoms with van der Waals surface area (Å²) in [5.41, 5.74) is 3.95. The van der Waals surface area contributed by atoms with Crippen molar-refractivity contribution in [3.05, 3.63) is 47.4 Å². The summed E-state index contributed by atoms with van der Waals surface area (Å²) in [5, 5.41) is 7.74. The van der Waals surface area contributed by atoms with E-state index in [0.29, 0.717) is 6.42 Å². The molecule has 47 heavy (non-hydrogen) atoms. The third-order valence-corrected chi connectivity index (χ3v) is 7.15. The zero-order valence-electron chi connectivity index (χ0n) is 32.5. The number of nitrogens with one attached hydrogen (secondary N) is 1. The minimum absolute atomic E-state index is 0.330. The summed E-state index contributed by atoms with van der Waals surface area (Å²) >= 11 is 0. The van der Waals surface area contributed by atoms with Gasteiger partial charge in [-0.05, 0) is 57.0 Å². The highest BCUT2D eigenvalue weighted by Crippen LogP contribution is 2.29. The number of hydrogen-bond donors (Lipinski definition) is 2. The molecule has 0 unspecified atom stereocenters. The van der Waals surface area contributed by atoms with Crippen molar-refractivity contribution in [2.45, 2.75) is 160 Å². The molecule has 2 fully saturated rings. The quantitative estimate of drug-likeness (QED) is 0.188. The van der Waals surface area contributed by atoms with Crippen molar-refractivity contribution in [3.63, 3.8) is 0 Å². The van der Waals surface area contributed by atoms with Crippen LogP contribution < -0.4 is 10.4 Å². The average Bonchev–Trinajstić information content (AvgIpc) is 3.65. The van der Waals surface area contributed by atoms with E-state index in [1.807, 2.05) is 62.3 Å². The number of hydrogen-bond acceptors (Lipinski definition) is 7. The molecule has 2 aliphatic carbocycles. The van der Waals surface area contributed by atoms with E-state index in [0.717, 1.165) is 49.1 Å². The fraction of sp³-hybridized carbons (Fsp3) is 0.711. The van der Waals surface area contributed by atoms with E-state index < -0.39 is 0 Å². The Bertz CT molecular complexity index is 974. The maximum Gasteiger partial charge on any atom is 0.243 e. The molecule has 8 nitrogen and oxygen atoms in total. The van der Waals surface area contributed by atoms with Crippen LogP contribution in [0.3, 0.4) is 0 Å². The number of piperidine rings is 1. The third-order valence-electron chi connectivity index (χ3n) is 7.15. The lowest BCUT2D eigenvalue weighted by Crippen LogP contribution is -2.31. The lowest BCUT2D eigenvalue weighted by molar-refractivity contribution is -0.128. The monoisotopic (exact) mass is 656 g/mol. The maximum atomic E-state index is 9.82. The highest BCUT2D eigenvalue weighted by atomic mass is 16.5. The van der Waals surface area contributed by atoms with Crippen LogP contribution >= 0.6 is 0 Å². The molecule has 9 heteroatoms. The van der Waals surface area contributed by atoms with Crippen molar-refractivity contribution >= 4 is 25.1 Å². The van der Waals surface area contributed by atoms with Crippen LogP contribution in [0.5, 0.6) is 0 Å². The first-order valence-corrected chi connectivity index (χ1v) is 18.8. The van der Waals surface area contributed by atoms with Gasteiger partial charge in [-0.1, -0.05) is 121 Å². The minimum atomic E-state index is -0.352. The number of amides is 1. The molecule has 0 atom stereocenters. The summed E-state index contributed by atoms with van der Waals surface area (Å²) in [7, 11) is 2.13. The molecule has 1 saturated heterocycles. The van der Waals surface area contributed by atoms with E-state index in [1.165, 1.54) is 74.6 Å². The van der Waals surface area contributed by atoms with Crippen LogP contribution in [0.4, 0.5) is 5.82 Å². The first-order chi connectivity index (χ1) is 23.0. The first kappa shape index (κ1) is 48.6. The lowest BCUT2D eigenvalue weighted by atomic mass is 9.78. The number of anilines is 1. The normalized spacial score (nSPS) is 13.7. The van der Waals surface area contributed by atoms with E-state index in [9.17, 15) is 4.79 Å². The van der Waals surface area contributed by atoms with Gasteiger partial charge in [0.05, 0.1) is 5.69 Å². The van der Waals surface area contributed by atoms with Gasteiger partial charge in [0.1, 0.15) is 24.7 Å².